The summed E-state index contributed by atoms with van der Waals surface area (Å²) in [6.45, 7) is -0.0414. The minimum absolute atomic E-state index is 0.0414. The summed E-state index contributed by atoms with van der Waals surface area (Å²) < 4.78 is 54.5. The summed E-state index contributed by atoms with van der Waals surface area (Å²) in [5, 5.41) is 14.6. The van der Waals surface area contributed by atoms with Crippen molar-refractivity contribution < 1.29 is 27.1 Å². The molecule has 0 saturated carbocycles. The number of nitrogens with one attached hydrogen (secondary N) is 1. The predicted molar refractivity (Wildman–Crippen MR) is 97.9 cm³/mol. The Bertz CT molecular complexity index is 1170. The van der Waals surface area contributed by atoms with Gasteiger partial charge in [0.2, 0.25) is 9.84 Å². The summed E-state index contributed by atoms with van der Waals surface area (Å²) in [5.74, 6) is -1.86. The molecule has 12 heteroatoms. The fourth-order valence-corrected chi connectivity index (χ4v) is 3.94. The van der Waals surface area contributed by atoms with Crippen LogP contribution in [0.4, 0.5) is 13.6 Å². The summed E-state index contributed by atoms with van der Waals surface area (Å²) in [7, 11) is -4.20. The molecule has 0 unspecified atom stereocenters. The monoisotopic (exact) mass is 442 g/mol. The highest BCUT2D eigenvalue weighted by molar-refractivity contribution is 7.91. The lowest BCUT2D eigenvalue weighted by atomic mass is 10.3. The second kappa shape index (κ2) is 8.13. The number of rotatable bonds is 6. The van der Waals surface area contributed by atoms with Crippen molar-refractivity contribution in [3.8, 4) is 5.69 Å². The van der Waals surface area contributed by atoms with Crippen LogP contribution in [0, 0.1) is 11.6 Å². The fourth-order valence-electron chi connectivity index (χ4n) is 2.49. The zero-order chi connectivity index (χ0) is 21.2. The SMILES string of the molecule is O=C(O)NCCc1cc(S(=O)(=O)c2ccc(Cl)nc2)n(-c2ccc(F)cc2F)n1. The molecule has 0 fully saturated rings. The van der Waals surface area contributed by atoms with Gasteiger partial charge in [0.1, 0.15) is 16.7 Å². The Kier molecular flexibility index (Phi) is 5.80. The van der Waals surface area contributed by atoms with Crippen molar-refractivity contribution in [3.63, 3.8) is 0 Å². The van der Waals surface area contributed by atoms with Gasteiger partial charge in [-0.25, -0.2) is 31.7 Å². The normalized spacial score (nSPS) is 11.4. The summed E-state index contributed by atoms with van der Waals surface area (Å²) in [6.07, 6.45) is -0.167. The van der Waals surface area contributed by atoms with Gasteiger partial charge in [0, 0.05) is 25.2 Å². The third-order valence-corrected chi connectivity index (χ3v) is 5.74. The topological polar surface area (TPSA) is 114 Å². The average Bonchev–Trinajstić information content (AvgIpc) is 3.06. The van der Waals surface area contributed by atoms with E-state index in [-0.39, 0.29) is 34.4 Å². The van der Waals surface area contributed by atoms with Gasteiger partial charge in [0.15, 0.2) is 10.8 Å². The van der Waals surface area contributed by atoms with Gasteiger partial charge < -0.3 is 10.4 Å². The Morgan fingerprint density at radius 3 is 2.59 bits per heavy atom. The number of carbonyl (C=O) groups is 1. The van der Waals surface area contributed by atoms with E-state index in [2.05, 4.69) is 15.4 Å². The third-order valence-electron chi connectivity index (χ3n) is 3.81. The van der Waals surface area contributed by atoms with E-state index in [1.54, 1.807) is 0 Å². The minimum atomic E-state index is -4.20. The lowest BCUT2D eigenvalue weighted by molar-refractivity contribution is 0.194. The first-order valence-electron chi connectivity index (χ1n) is 8.06. The molecule has 0 spiro atoms. The Balaban J connectivity index is 2.11. The third kappa shape index (κ3) is 4.51. The number of carboxylic acid groups (broad SMARTS) is 1. The second-order valence-electron chi connectivity index (χ2n) is 5.78. The highest BCUT2D eigenvalue weighted by Crippen LogP contribution is 2.26. The maximum Gasteiger partial charge on any atom is 0.404 e. The summed E-state index contributed by atoms with van der Waals surface area (Å²) >= 11 is 5.69. The Morgan fingerprint density at radius 1 is 1.21 bits per heavy atom. The first kappa shape index (κ1) is 20.7. The van der Waals surface area contributed by atoms with Crippen LogP contribution in [0.1, 0.15) is 5.69 Å². The van der Waals surface area contributed by atoms with Crippen LogP contribution in [-0.4, -0.2) is 40.9 Å². The number of aromatic nitrogens is 3. The predicted octanol–water partition coefficient (Wildman–Crippen LogP) is 2.84. The highest BCUT2D eigenvalue weighted by Gasteiger charge is 2.26. The van der Waals surface area contributed by atoms with Crippen molar-refractivity contribution in [2.45, 2.75) is 16.3 Å². The fraction of sp³-hybridized carbons (Fsp3) is 0.118. The Labute approximate surface area is 168 Å². The molecule has 0 bridgehead atoms. The molecule has 2 aromatic heterocycles. The van der Waals surface area contributed by atoms with Crippen LogP contribution in [0.2, 0.25) is 5.15 Å². The molecule has 3 rings (SSSR count). The van der Waals surface area contributed by atoms with Crippen molar-refractivity contribution in [2.75, 3.05) is 6.54 Å². The lowest BCUT2D eigenvalue weighted by Gasteiger charge is -2.09. The smallest absolute Gasteiger partial charge is 0.404 e. The molecule has 2 N–H and O–H groups in total. The molecule has 8 nitrogen and oxygen atoms in total. The number of amides is 1. The maximum atomic E-state index is 14.3. The molecule has 0 radical (unpaired) electrons. The van der Waals surface area contributed by atoms with E-state index >= 15 is 0 Å². The number of pyridine rings is 1. The molecular weight excluding hydrogens is 430 g/mol. The van der Waals surface area contributed by atoms with Crippen molar-refractivity contribution in [1.29, 1.82) is 0 Å². The summed E-state index contributed by atoms with van der Waals surface area (Å²) in [4.78, 5) is 14.1. The number of halogens is 3. The van der Waals surface area contributed by atoms with E-state index in [1.807, 2.05) is 0 Å². The first-order chi connectivity index (χ1) is 13.7. The van der Waals surface area contributed by atoms with Crippen molar-refractivity contribution in [2.24, 2.45) is 0 Å². The number of nitrogens with zero attached hydrogens (tertiary/aromatic N) is 3. The van der Waals surface area contributed by atoms with Gasteiger partial charge in [-0.1, -0.05) is 11.6 Å². The van der Waals surface area contributed by atoms with Crippen LogP contribution in [0.15, 0.2) is 52.5 Å². The molecular formula is C17H13ClF2N4O4S. The van der Waals surface area contributed by atoms with Gasteiger partial charge >= 0.3 is 6.09 Å². The molecule has 3 aromatic rings. The van der Waals surface area contributed by atoms with E-state index in [1.165, 1.54) is 18.2 Å². The van der Waals surface area contributed by atoms with Crippen LogP contribution in [0.25, 0.3) is 5.69 Å². The van der Waals surface area contributed by atoms with Gasteiger partial charge in [0.05, 0.1) is 10.6 Å². The van der Waals surface area contributed by atoms with Gasteiger partial charge in [-0.05, 0) is 30.3 Å². The number of hydrogen-bond donors (Lipinski definition) is 2. The number of sulfone groups is 1. The molecule has 2 heterocycles. The minimum Gasteiger partial charge on any atom is -0.465 e. The molecule has 0 saturated heterocycles. The molecule has 152 valence electrons. The first-order valence-corrected chi connectivity index (χ1v) is 9.92. The molecule has 1 aromatic carbocycles. The number of hydrogen-bond acceptors (Lipinski definition) is 5. The maximum absolute atomic E-state index is 14.3. The van der Waals surface area contributed by atoms with E-state index in [0.717, 1.165) is 23.0 Å². The molecule has 0 aliphatic heterocycles. The second-order valence-corrected chi connectivity index (χ2v) is 8.07. The molecule has 0 aliphatic rings. The number of benzene rings is 1. The van der Waals surface area contributed by atoms with E-state index in [0.29, 0.717) is 6.07 Å². The lowest BCUT2D eigenvalue weighted by Crippen LogP contribution is -2.23. The van der Waals surface area contributed by atoms with Crippen molar-refractivity contribution in [1.82, 2.24) is 20.1 Å². The Hall–Kier alpha value is -3.05. The zero-order valence-corrected chi connectivity index (χ0v) is 16.1. The van der Waals surface area contributed by atoms with Gasteiger partial charge in [-0.2, -0.15) is 5.10 Å². The van der Waals surface area contributed by atoms with E-state index in [9.17, 15) is 22.0 Å². The van der Waals surface area contributed by atoms with Crippen LogP contribution in [0.3, 0.4) is 0 Å². The van der Waals surface area contributed by atoms with E-state index < -0.39 is 32.6 Å². The average molecular weight is 443 g/mol. The highest BCUT2D eigenvalue weighted by atomic mass is 35.5. The van der Waals surface area contributed by atoms with Crippen LogP contribution in [-0.2, 0) is 16.3 Å². The van der Waals surface area contributed by atoms with E-state index in [4.69, 9.17) is 16.7 Å². The van der Waals surface area contributed by atoms with Gasteiger partial charge in [0.25, 0.3) is 0 Å². The summed E-state index contributed by atoms with van der Waals surface area (Å²) in [6, 6.07) is 6.32. The molecule has 0 aliphatic carbocycles. The largest absolute Gasteiger partial charge is 0.465 e. The van der Waals surface area contributed by atoms with Crippen molar-refractivity contribution >= 4 is 27.5 Å². The molecule has 0 atom stereocenters. The standard InChI is InChI=1S/C17H13ClF2N4O4S/c18-15-4-2-12(9-22-15)29(27,28)16-8-11(5-6-21-17(25)26)23-24(16)14-3-1-10(19)7-13(14)20/h1-4,7-9,21H,5-6H2,(H,25,26). The summed E-state index contributed by atoms with van der Waals surface area (Å²) in [5.41, 5.74) is -0.104. The van der Waals surface area contributed by atoms with Crippen LogP contribution >= 0.6 is 11.6 Å². The molecule has 1 amide bonds. The quantitative estimate of drug-likeness (QED) is 0.567. The van der Waals surface area contributed by atoms with Crippen molar-refractivity contribution in [3.05, 3.63) is 65.1 Å². The Morgan fingerprint density at radius 2 is 1.97 bits per heavy atom. The molecule has 29 heavy (non-hydrogen) atoms. The van der Waals surface area contributed by atoms with Crippen LogP contribution < -0.4 is 5.32 Å². The van der Waals surface area contributed by atoms with Crippen LogP contribution in [0.5, 0.6) is 0 Å². The van der Waals surface area contributed by atoms with Gasteiger partial charge in [-0.3, -0.25) is 0 Å². The zero-order valence-electron chi connectivity index (χ0n) is 14.5. The van der Waals surface area contributed by atoms with Gasteiger partial charge in [-0.15, -0.1) is 0 Å².